The minimum Gasteiger partial charge on any atom is -0.465 e. The van der Waals surface area contributed by atoms with Crippen molar-refractivity contribution in [2.45, 2.75) is 19.3 Å². The second kappa shape index (κ2) is 13.8. The molecule has 6 aromatic heterocycles. The molecule has 0 aliphatic heterocycles. The molecule has 6 heterocycles. The zero-order valence-corrected chi connectivity index (χ0v) is 30.1. The summed E-state index contributed by atoms with van der Waals surface area (Å²) in [6, 6.07) is 21.0. The Balaban J connectivity index is 0.911. The standard InChI is InChI=1S/C37H30O4S6/c38-34(18-24-16-32(28-5-1-11-42-28)46-36(24)30-7-3-13-44-30)40-20-26-22-9-10-23(15-22)27(26)21-41-35(39)19-25-17-33(29-6-2-12-43-29)47-37(25)31-8-4-14-45-31/h1-14,16-17,22-23,26-27H,15,18-21H2/t22-,23+,26-,27+. The number of carbonyl (C=O) groups is 2. The number of allylic oxidation sites excluding steroid dienone is 2. The van der Waals surface area contributed by atoms with Crippen LogP contribution in [0.3, 0.4) is 0 Å². The molecule has 2 bridgehead atoms. The van der Waals surface area contributed by atoms with Crippen molar-refractivity contribution in [3.63, 3.8) is 0 Å². The Bertz CT molecular complexity index is 1830. The van der Waals surface area contributed by atoms with E-state index in [0.717, 1.165) is 27.3 Å². The molecule has 4 atom stereocenters. The zero-order valence-electron chi connectivity index (χ0n) is 25.2. The van der Waals surface area contributed by atoms with Gasteiger partial charge in [0.05, 0.1) is 26.1 Å². The molecule has 10 heteroatoms. The van der Waals surface area contributed by atoms with Crippen molar-refractivity contribution in [1.82, 2.24) is 0 Å². The number of hydrogen-bond donors (Lipinski definition) is 0. The first kappa shape index (κ1) is 31.2. The summed E-state index contributed by atoms with van der Waals surface area (Å²) in [5.41, 5.74) is 2.03. The van der Waals surface area contributed by atoms with Crippen LogP contribution in [0.2, 0.25) is 0 Å². The molecule has 0 saturated heterocycles. The van der Waals surface area contributed by atoms with Crippen LogP contribution in [0.25, 0.3) is 39.0 Å². The van der Waals surface area contributed by atoms with E-state index in [1.54, 1.807) is 68.0 Å². The lowest BCUT2D eigenvalue weighted by molar-refractivity contribution is -0.149. The van der Waals surface area contributed by atoms with Gasteiger partial charge in [0.1, 0.15) is 0 Å². The third-order valence-electron chi connectivity index (χ3n) is 8.98. The van der Waals surface area contributed by atoms with E-state index >= 15 is 0 Å². The summed E-state index contributed by atoms with van der Waals surface area (Å²) < 4.78 is 12.0. The molecule has 0 unspecified atom stereocenters. The largest absolute Gasteiger partial charge is 0.465 e. The predicted octanol–water partition coefficient (Wildman–Crippen LogP) is 11.0. The van der Waals surface area contributed by atoms with Gasteiger partial charge in [-0.3, -0.25) is 9.59 Å². The van der Waals surface area contributed by atoms with E-state index in [4.69, 9.17) is 9.47 Å². The molecule has 8 rings (SSSR count). The van der Waals surface area contributed by atoms with Crippen LogP contribution in [0.15, 0.2) is 94.3 Å². The molecule has 0 N–H and O–H groups in total. The Morgan fingerprint density at radius 3 is 1.36 bits per heavy atom. The molecule has 47 heavy (non-hydrogen) atoms. The third-order valence-corrected chi connectivity index (χ3v) is 15.6. The molecule has 6 aromatic rings. The van der Waals surface area contributed by atoms with Gasteiger partial charge in [0.15, 0.2) is 0 Å². The van der Waals surface area contributed by atoms with Gasteiger partial charge in [0.2, 0.25) is 0 Å². The van der Waals surface area contributed by atoms with E-state index in [9.17, 15) is 9.59 Å². The highest BCUT2D eigenvalue weighted by Gasteiger charge is 2.45. The van der Waals surface area contributed by atoms with Crippen LogP contribution in [-0.2, 0) is 31.9 Å². The smallest absolute Gasteiger partial charge is 0.310 e. The van der Waals surface area contributed by atoms with Crippen LogP contribution in [-0.4, -0.2) is 25.2 Å². The Morgan fingerprint density at radius 2 is 0.979 bits per heavy atom. The van der Waals surface area contributed by atoms with E-state index in [1.165, 1.54) is 29.3 Å². The van der Waals surface area contributed by atoms with Crippen LogP contribution in [0, 0.1) is 23.7 Å². The Kier molecular flexibility index (Phi) is 9.14. The second-order valence-electron chi connectivity index (χ2n) is 11.8. The molecule has 2 aliphatic carbocycles. The average Bonchev–Trinajstić information content (AvgIpc) is 3.93. The van der Waals surface area contributed by atoms with Gasteiger partial charge in [-0.2, -0.15) is 0 Å². The summed E-state index contributed by atoms with van der Waals surface area (Å²) in [5.74, 6) is 0.578. The highest BCUT2D eigenvalue weighted by molar-refractivity contribution is 7.26. The SMILES string of the molecule is O=C(Cc1cc(-c2cccs2)sc1-c1cccs1)OC[C@@H]1[C@H](COC(=O)Cc2cc(-c3cccs3)sc2-c2cccs2)[C@@H]2C=C[C@H]1C2. The Labute approximate surface area is 297 Å². The van der Waals surface area contributed by atoms with Crippen molar-refractivity contribution >= 4 is 80.0 Å². The zero-order chi connectivity index (χ0) is 31.7. The number of thiophene rings is 6. The van der Waals surface area contributed by atoms with Crippen LogP contribution < -0.4 is 0 Å². The first-order valence-electron chi connectivity index (χ1n) is 15.5. The lowest BCUT2D eigenvalue weighted by atomic mass is 9.84. The number of carbonyl (C=O) groups excluding carboxylic acids is 2. The molecular weight excluding hydrogens is 701 g/mol. The van der Waals surface area contributed by atoms with Crippen molar-refractivity contribution in [1.29, 1.82) is 0 Å². The van der Waals surface area contributed by atoms with Crippen molar-refractivity contribution < 1.29 is 19.1 Å². The van der Waals surface area contributed by atoms with E-state index in [2.05, 4.69) is 82.2 Å². The monoisotopic (exact) mass is 730 g/mol. The fourth-order valence-electron chi connectivity index (χ4n) is 6.75. The maximum atomic E-state index is 13.3. The van der Waals surface area contributed by atoms with Gasteiger partial charge >= 0.3 is 11.9 Å². The second-order valence-corrected chi connectivity index (χ2v) is 17.7. The van der Waals surface area contributed by atoms with Crippen LogP contribution >= 0.6 is 68.0 Å². The first-order valence-corrected chi connectivity index (χ1v) is 20.6. The Hall–Kier alpha value is -3.12. The quantitative estimate of drug-likeness (QED) is 0.0929. The van der Waals surface area contributed by atoms with Gasteiger partial charge in [-0.1, -0.05) is 36.4 Å². The normalized spacial score (nSPS) is 19.8. The Morgan fingerprint density at radius 1 is 0.574 bits per heavy atom. The summed E-state index contributed by atoms with van der Waals surface area (Å²) in [5, 5.41) is 8.31. The van der Waals surface area contributed by atoms with Gasteiger partial charge in [-0.15, -0.1) is 68.0 Å². The molecule has 0 radical (unpaired) electrons. The molecule has 1 fully saturated rings. The average molecular weight is 731 g/mol. The summed E-state index contributed by atoms with van der Waals surface area (Å²) in [4.78, 5) is 36.0. The summed E-state index contributed by atoms with van der Waals surface area (Å²) in [6.07, 6.45) is 6.03. The fraction of sp³-hybridized carbons (Fsp3) is 0.243. The maximum absolute atomic E-state index is 13.3. The lowest BCUT2D eigenvalue weighted by Crippen LogP contribution is -2.30. The van der Waals surface area contributed by atoms with Gasteiger partial charge in [0, 0.05) is 50.9 Å². The lowest BCUT2D eigenvalue weighted by Gasteiger charge is -2.27. The van der Waals surface area contributed by atoms with Gasteiger partial charge < -0.3 is 9.47 Å². The van der Waals surface area contributed by atoms with E-state index < -0.39 is 0 Å². The first-order chi connectivity index (χ1) is 23.1. The molecule has 0 amide bonds. The number of fused-ring (bicyclic) bond motifs is 2. The van der Waals surface area contributed by atoms with Crippen LogP contribution in [0.1, 0.15) is 17.5 Å². The van der Waals surface area contributed by atoms with Gasteiger partial charge in [-0.05, 0) is 87.3 Å². The van der Waals surface area contributed by atoms with E-state index in [-0.39, 0.29) is 36.6 Å². The molecule has 1 saturated carbocycles. The van der Waals surface area contributed by atoms with E-state index in [1.807, 2.05) is 12.1 Å². The van der Waals surface area contributed by atoms with Crippen LogP contribution in [0.4, 0.5) is 0 Å². The minimum atomic E-state index is -0.207. The molecule has 4 nitrogen and oxygen atoms in total. The van der Waals surface area contributed by atoms with Gasteiger partial charge in [0.25, 0.3) is 0 Å². The number of hydrogen-bond acceptors (Lipinski definition) is 10. The number of esters is 2. The minimum absolute atomic E-state index is 0.149. The third kappa shape index (κ3) is 6.64. The summed E-state index contributed by atoms with van der Waals surface area (Å²) in [6.45, 7) is 0.695. The summed E-state index contributed by atoms with van der Waals surface area (Å²) >= 11 is 10.3. The topological polar surface area (TPSA) is 52.6 Å². The molecule has 2 aliphatic rings. The molecule has 0 aromatic carbocycles. The maximum Gasteiger partial charge on any atom is 0.310 e. The number of rotatable bonds is 12. The van der Waals surface area contributed by atoms with Crippen molar-refractivity contribution in [3.8, 4) is 39.0 Å². The molecule has 238 valence electrons. The highest BCUT2D eigenvalue weighted by atomic mass is 32.1. The van der Waals surface area contributed by atoms with Crippen LogP contribution in [0.5, 0.6) is 0 Å². The van der Waals surface area contributed by atoms with Crippen molar-refractivity contribution in [2.75, 3.05) is 13.2 Å². The predicted molar refractivity (Wildman–Crippen MR) is 199 cm³/mol. The van der Waals surface area contributed by atoms with Crippen molar-refractivity contribution in [2.24, 2.45) is 23.7 Å². The molecular formula is C37H30O4S6. The number of ether oxygens (including phenoxy) is 2. The highest BCUT2D eigenvalue weighted by Crippen LogP contribution is 2.49. The van der Waals surface area contributed by atoms with E-state index in [0.29, 0.717) is 25.0 Å². The fourth-order valence-corrected chi connectivity index (χ4v) is 12.5. The molecule has 0 spiro atoms. The van der Waals surface area contributed by atoms with Crippen molar-refractivity contribution in [3.05, 3.63) is 105 Å². The summed E-state index contributed by atoms with van der Waals surface area (Å²) in [7, 11) is 0. The van der Waals surface area contributed by atoms with Gasteiger partial charge in [-0.25, -0.2) is 0 Å².